The van der Waals surface area contributed by atoms with Crippen LogP contribution in [-0.4, -0.2) is 45.6 Å². The van der Waals surface area contributed by atoms with Crippen LogP contribution in [0, 0.1) is 5.92 Å². The first-order valence-electron chi connectivity index (χ1n) is 11.0. The highest BCUT2D eigenvalue weighted by Crippen LogP contribution is 2.48. The topological polar surface area (TPSA) is 113 Å². The van der Waals surface area contributed by atoms with E-state index in [2.05, 4.69) is 5.32 Å². The molecule has 4 rings (SSSR count). The van der Waals surface area contributed by atoms with Gasteiger partial charge in [-0.25, -0.2) is 0 Å². The summed E-state index contributed by atoms with van der Waals surface area (Å²) in [5.74, 6) is -1.78. The highest BCUT2D eigenvalue weighted by Gasteiger charge is 2.48. The molecule has 2 aromatic rings. The fourth-order valence-electron chi connectivity index (χ4n) is 4.81. The van der Waals surface area contributed by atoms with Crippen molar-refractivity contribution in [2.24, 2.45) is 5.92 Å². The van der Waals surface area contributed by atoms with Crippen LogP contribution in [0.5, 0.6) is 17.2 Å². The Labute approximate surface area is 197 Å². The van der Waals surface area contributed by atoms with Gasteiger partial charge in [-0.15, -0.1) is 0 Å². The van der Waals surface area contributed by atoms with E-state index in [0.717, 1.165) is 0 Å². The zero-order valence-electron chi connectivity index (χ0n) is 19.5. The number of ketones is 1. The molecule has 0 spiro atoms. The summed E-state index contributed by atoms with van der Waals surface area (Å²) in [6.45, 7) is 1.84. The maximum Gasteiger partial charge on any atom is 0.317 e. The molecule has 9 heteroatoms. The van der Waals surface area contributed by atoms with Crippen LogP contribution in [0.1, 0.15) is 42.9 Å². The molecule has 0 fully saturated rings. The second-order valence-corrected chi connectivity index (χ2v) is 8.08. The summed E-state index contributed by atoms with van der Waals surface area (Å²) in [5, 5.41) is 2.85. The van der Waals surface area contributed by atoms with Gasteiger partial charge >= 0.3 is 5.97 Å². The van der Waals surface area contributed by atoms with Crippen molar-refractivity contribution in [2.45, 2.75) is 31.6 Å². The lowest BCUT2D eigenvalue weighted by atomic mass is 9.69. The number of carbonyl (C=O) groups excluding carboxylic acids is 3. The first-order chi connectivity index (χ1) is 16.4. The molecule has 1 N–H and O–H groups in total. The van der Waals surface area contributed by atoms with E-state index in [1.807, 2.05) is 0 Å². The highest BCUT2D eigenvalue weighted by atomic mass is 16.5. The molecule has 1 amide bonds. The van der Waals surface area contributed by atoms with Gasteiger partial charge in [0.25, 0.3) is 0 Å². The summed E-state index contributed by atoms with van der Waals surface area (Å²) >= 11 is 0. The number of rotatable bonds is 7. The molecule has 0 saturated carbocycles. The van der Waals surface area contributed by atoms with Gasteiger partial charge in [0.2, 0.25) is 11.7 Å². The fourth-order valence-corrected chi connectivity index (χ4v) is 4.81. The van der Waals surface area contributed by atoms with Gasteiger partial charge in [0.05, 0.1) is 34.2 Å². The first-order valence-corrected chi connectivity index (χ1v) is 11.0. The zero-order valence-corrected chi connectivity index (χ0v) is 19.5. The van der Waals surface area contributed by atoms with Crippen LogP contribution in [0.25, 0.3) is 0 Å². The molecule has 2 heterocycles. The number of hydrogen-bond donors (Lipinski definition) is 1. The summed E-state index contributed by atoms with van der Waals surface area (Å²) in [5.41, 5.74) is 1.51. The average Bonchev–Trinajstić information content (AvgIpc) is 3.37. The van der Waals surface area contributed by atoms with Gasteiger partial charge in [-0.1, -0.05) is 0 Å². The number of esters is 1. The lowest BCUT2D eigenvalue weighted by Crippen LogP contribution is -2.44. The molecule has 1 aromatic heterocycles. The van der Waals surface area contributed by atoms with Gasteiger partial charge < -0.3 is 28.7 Å². The maximum absolute atomic E-state index is 13.9. The van der Waals surface area contributed by atoms with Crippen LogP contribution in [0.4, 0.5) is 0 Å². The SMILES string of the molecule is CCOC(=O)[C@@H]1C(=O)C2=C(C[C@@H]1c1ccco1)NC(=O)C[C@H]2c1cc(OC)c(OC)c(OC)c1. The van der Waals surface area contributed by atoms with Crippen molar-refractivity contribution in [1.29, 1.82) is 0 Å². The van der Waals surface area contributed by atoms with Gasteiger partial charge in [-0.3, -0.25) is 14.4 Å². The Morgan fingerprint density at radius 3 is 2.35 bits per heavy atom. The van der Waals surface area contributed by atoms with Gasteiger partial charge in [-0.2, -0.15) is 0 Å². The molecule has 0 radical (unpaired) electrons. The normalized spacial score (nSPS) is 22.1. The number of benzene rings is 1. The number of carbonyl (C=O) groups is 3. The zero-order chi connectivity index (χ0) is 24.4. The second-order valence-electron chi connectivity index (χ2n) is 8.08. The Kier molecular flexibility index (Phi) is 6.63. The lowest BCUT2D eigenvalue weighted by Gasteiger charge is -2.37. The predicted octanol–water partition coefficient (Wildman–Crippen LogP) is 3.10. The standard InChI is InChI=1S/C25H27NO8/c1-5-33-25(29)22-15(17-7-6-8-34-17)11-16-21(23(22)28)14(12-20(27)26-16)13-9-18(30-2)24(32-4)19(10-13)31-3/h6-10,14-15,22H,5,11-12H2,1-4H3,(H,26,27)/t14-,15+,22-/m0/s1. The van der Waals surface area contributed by atoms with E-state index < -0.39 is 23.7 Å². The Morgan fingerprint density at radius 1 is 1.09 bits per heavy atom. The molecule has 3 atom stereocenters. The second kappa shape index (κ2) is 9.62. The number of nitrogens with one attached hydrogen (secondary N) is 1. The number of amides is 1. The lowest BCUT2D eigenvalue weighted by molar-refractivity contribution is -0.152. The molecule has 0 saturated heterocycles. The van der Waals surface area contributed by atoms with Gasteiger partial charge in [0, 0.05) is 29.5 Å². The summed E-state index contributed by atoms with van der Waals surface area (Å²) in [6, 6.07) is 6.86. The molecular formula is C25H27NO8. The molecule has 2 aliphatic rings. The van der Waals surface area contributed by atoms with Crippen molar-refractivity contribution < 1.29 is 37.7 Å². The number of furan rings is 1. The summed E-state index contributed by atoms with van der Waals surface area (Å²) in [6.07, 6.45) is 1.78. The smallest absolute Gasteiger partial charge is 0.317 e. The third kappa shape index (κ3) is 4.02. The molecule has 34 heavy (non-hydrogen) atoms. The summed E-state index contributed by atoms with van der Waals surface area (Å²) in [7, 11) is 4.49. The van der Waals surface area contributed by atoms with Gasteiger partial charge in [0.15, 0.2) is 17.3 Å². The molecule has 1 aromatic carbocycles. The number of ether oxygens (including phenoxy) is 4. The van der Waals surface area contributed by atoms with Crippen LogP contribution in [0.2, 0.25) is 0 Å². The number of Topliss-reactive ketones (excluding diaryl/α,β-unsaturated/α-hetero) is 1. The first kappa shape index (κ1) is 23.4. The van der Waals surface area contributed by atoms with Crippen LogP contribution < -0.4 is 19.5 Å². The number of methoxy groups -OCH3 is 3. The van der Waals surface area contributed by atoms with Crippen molar-refractivity contribution in [3.05, 3.63) is 53.1 Å². The Morgan fingerprint density at radius 2 is 1.79 bits per heavy atom. The van der Waals surface area contributed by atoms with E-state index >= 15 is 0 Å². The van der Waals surface area contributed by atoms with Gasteiger partial charge in [0.1, 0.15) is 11.7 Å². The van der Waals surface area contributed by atoms with Crippen molar-refractivity contribution in [2.75, 3.05) is 27.9 Å². The predicted molar refractivity (Wildman–Crippen MR) is 120 cm³/mol. The average molecular weight is 469 g/mol. The van der Waals surface area contributed by atoms with Crippen LogP contribution >= 0.6 is 0 Å². The molecule has 1 aliphatic carbocycles. The quantitative estimate of drug-likeness (QED) is 0.486. The van der Waals surface area contributed by atoms with E-state index in [4.69, 9.17) is 23.4 Å². The van der Waals surface area contributed by atoms with Crippen molar-refractivity contribution in [3.8, 4) is 17.2 Å². The Balaban J connectivity index is 1.85. The largest absolute Gasteiger partial charge is 0.493 e. The van der Waals surface area contributed by atoms with Crippen molar-refractivity contribution >= 4 is 17.7 Å². The minimum atomic E-state index is -1.08. The van der Waals surface area contributed by atoms with Crippen LogP contribution in [0.3, 0.4) is 0 Å². The number of allylic oxidation sites excluding steroid dienone is 2. The number of hydrogen-bond acceptors (Lipinski definition) is 8. The molecule has 180 valence electrons. The summed E-state index contributed by atoms with van der Waals surface area (Å²) < 4.78 is 27.1. The molecule has 0 unspecified atom stereocenters. The van der Waals surface area contributed by atoms with Crippen LogP contribution in [0.15, 0.2) is 46.2 Å². The van der Waals surface area contributed by atoms with Crippen LogP contribution in [-0.2, 0) is 19.1 Å². The van der Waals surface area contributed by atoms with E-state index in [9.17, 15) is 14.4 Å². The fraction of sp³-hybridized carbons (Fsp3) is 0.400. The monoisotopic (exact) mass is 469 g/mol. The van der Waals surface area contributed by atoms with E-state index in [0.29, 0.717) is 39.8 Å². The maximum atomic E-state index is 13.9. The molecule has 1 aliphatic heterocycles. The molecular weight excluding hydrogens is 442 g/mol. The third-order valence-corrected chi connectivity index (χ3v) is 6.27. The highest BCUT2D eigenvalue weighted by molar-refractivity contribution is 6.12. The Hall–Kier alpha value is -3.75. The summed E-state index contributed by atoms with van der Waals surface area (Å²) in [4.78, 5) is 39.5. The van der Waals surface area contributed by atoms with E-state index in [1.54, 1.807) is 31.2 Å². The van der Waals surface area contributed by atoms with E-state index in [-0.39, 0.29) is 31.1 Å². The Bertz CT molecular complexity index is 1110. The van der Waals surface area contributed by atoms with Crippen molar-refractivity contribution in [1.82, 2.24) is 5.32 Å². The van der Waals surface area contributed by atoms with Crippen molar-refractivity contribution in [3.63, 3.8) is 0 Å². The third-order valence-electron chi connectivity index (χ3n) is 6.27. The minimum absolute atomic E-state index is 0.0319. The van der Waals surface area contributed by atoms with E-state index in [1.165, 1.54) is 27.6 Å². The molecule has 0 bridgehead atoms. The minimum Gasteiger partial charge on any atom is -0.493 e. The molecule has 9 nitrogen and oxygen atoms in total. The van der Waals surface area contributed by atoms with Gasteiger partial charge in [-0.05, 0) is 43.2 Å².